The molecule has 80 valence electrons. The molecule has 0 spiro atoms. The third kappa shape index (κ3) is 3.05. The Kier molecular flexibility index (Phi) is 6.09. The largest absolute Gasteiger partial charge is 0.481 e. The minimum absolute atomic E-state index is 0. The average molecular weight is 270 g/mol. The van der Waals surface area contributed by atoms with Crippen molar-refractivity contribution in [2.45, 2.75) is 30.5 Å². The van der Waals surface area contributed by atoms with E-state index in [1.807, 2.05) is 0 Å². The Labute approximate surface area is 98.9 Å². The van der Waals surface area contributed by atoms with Crippen LogP contribution < -0.4 is 0 Å². The lowest BCUT2D eigenvalue weighted by Crippen LogP contribution is -2.46. The van der Waals surface area contributed by atoms with Crippen LogP contribution in [0, 0.1) is 5.41 Å². The van der Waals surface area contributed by atoms with Gasteiger partial charge in [-0.05, 0) is 20.8 Å². The van der Waals surface area contributed by atoms with E-state index in [2.05, 4.69) is 0 Å². The quantitative estimate of drug-likeness (QED) is 0.798. The molecule has 0 bridgehead atoms. The topological polar surface area (TPSA) is 37.3 Å². The predicted octanol–water partition coefficient (Wildman–Crippen LogP) is 3.32. The Hall–Kier alpha value is 0.630. The van der Waals surface area contributed by atoms with Crippen molar-refractivity contribution in [3.05, 3.63) is 0 Å². The molecule has 0 aliphatic heterocycles. The second kappa shape index (κ2) is 4.92. The minimum atomic E-state index is -1.47. The van der Waals surface area contributed by atoms with Crippen molar-refractivity contribution in [2.75, 3.05) is 0 Å². The van der Waals surface area contributed by atoms with E-state index in [4.69, 9.17) is 39.9 Å². The molecule has 0 aliphatic rings. The Balaban J connectivity index is 0. The minimum Gasteiger partial charge on any atom is -0.481 e. The predicted molar refractivity (Wildman–Crippen MR) is 58.4 cm³/mol. The number of aliphatic carboxylic acids is 1. The molecule has 0 fully saturated rings. The van der Waals surface area contributed by atoms with E-state index in [9.17, 15) is 4.79 Å². The van der Waals surface area contributed by atoms with E-state index in [0.29, 0.717) is 0 Å². The highest BCUT2D eigenvalue weighted by atomic mass is 35.5. The van der Waals surface area contributed by atoms with Crippen LogP contribution in [0.4, 0.5) is 0 Å². The van der Waals surface area contributed by atoms with Crippen LogP contribution in [-0.4, -0.2) is 20.8 Å². The van der Waals surface area contributed by atoms with Crippen LogP contribution in [0.3, 0.4) is 0 Å². The first-order valence-corrected chi connectivity index (χ1v) is 4.58. The third-order valence-corrected chi connectivity index (χ3v) is 4.02. The van der Waals surface area contributed by atoms with Crippen LogP contribution in [0.15, 0.2) is 0 Å². The first kappa shape index (κ1) is 16.1. The lowest BCUT2D eigenvalue weighted by Gasteiger charge is -2.35. The second-order valence-electron chi connectivity index (χ2n) is 3.17. The molecule has 0 aromatic heterocycles. The Morgan fingerprint density at radius 1 is 1.38 bits per heavy atom. The fraction of sp³-hybridized carbons (Fsp3) is 0.857. The van der Waals surface area contributed by atoms with E-state index in [-0.39, 0.29) is 12.4 Å². The average Bonchev–Trinajstić information content (AvgIpc) is 1.86. The van der Waals surface area contributed by atoms with Gasteiger partial charge < -0.3 is 5.11 Å². The zero-order valence-electron chi connectivity index (χ0n) is 7.47. The zero-order valence-corrected chi connectivity index (χ0v) is 10.6. The second-order valence-corrected chi connectivity index (χ2v) is 5.21. The van der Waals surface area contributed by atoms with Crippen LogP contribution in [-0.2, 0) is 4.79 Å². The molecule has 2 nitrogen and oxygen atoms in total. The number of halogens is 4. The molecular weight excluding hydrogens is 258 g/mol. The van der Waals surface area contributed by atoms with Crippen LogP contribution in [0.1, 0.15) is 20.8 Å². The van der Waals surface area contributed by atoms with Crippen molar-refractivity contribution < 1.29 is 9.90 Å². The standard InChI is InChI=1S/C7H11Cl3O2.ClH/c1-4(8)7(9,10)6(2,3)5(11)12;/h4H,1-3H3,(H,11,12);1H. The summed E-state index contributed by atoms with van der Waals surface area (Å²) in [4.78, 5) is 10.7. The molecule has 0 radical (unpaired) electrons. The Morgan fingerprint density at radius 2 is 1.69 bits per heavy atom. The van der Waals surface area contributed by atoms with Gasteiger partial charge in [0, 0.05) is 0 Å². The maximum atomic E-state index is 10.7. The van der Waals surface area contributed by atoms with Gasteiger partial charge in [-0.1, -0.05) is 23.2 Å². The fourth-order valence-corrected chi connectivity index (χ4v) is 1.07. The van der Waals surface area contributed by atoms with Gasteiger partial charge in [-0.2, -0.15) is 0 Å². The SMILES string of the molecule is CC(Cl)C(Cl)(Cl)C(C)(C)C(=O)O.Cl. The van der Waals surface area contributed by atoms with Crippen molar-refractivity contribution in [2.24, 2.45) is 5.41 Å². The zero-order chi connectivity index (χ0) is 10.2. The molecule has 0 aromatic carbocycles. The molecule has 0 saturated carbocycles. The number of carboxylic acid groups (broad SMARTS) is 1. The maximum absolute atomic E-state index is 10.7. The molecule has 0 aromatic rings. The molecular formula is C7H12Cl4O2. The number of hydrogen-bond donors (Lipinski definition) is 1. The van der Waals surface area contributed by atoms with Crippen LogP contribution in [0.25, 0.3) is 0 Å². The van der Waals surface area contributed by atoms with Crippen LogP contribution in [0.2, 0.25) is 0 Å². The van der Waals surface area contributed by atoms with Gasteiger partial charge in [0.1, 0.15) is 4.33 Å². The van der Waals surface area contributed by atoms with E-state index in [1.165, 1.54) is 13.8 Å². The molecule has 13 heavy (non-hydrogen) atoms. The molecule has 0 aliphatic carbocycles. The summed E-state index contributed by atoms with van der Waals surface area (Å²) in [5.74, 6) is -1.07. The highest BCUT2D eigenvalue weighted by molar-refractivity contribution is 6.53. The number of alkyl halides is 3. The van der Waals surface area contributed by atoms with E-state index in [1.54, 1.807) is 6.92 Å². The van der Waals surface area contributed by atoms with Gasteiger partial charge in [0.15, 0.2) is 0 Å². The van der Waals surface area contributed by atoms with Gasteiger partial charge in [0.2, 0.25) is 0 Å². The van der Waals surface area contributed by atoms with Crippen molar-refractivity contribution in [3.8, 4) is 0 Å². The monoisotopic (exact) mass is 268 g/mol. The molecule has 1 unspecified atom stereocenters. The smallest absolute Gasteiger partial charge is 0.312 e. The first-order chi connectivity index (χ1) is 5.14. The van der Waals surface area contributed by atoms with Gasteiger partial charge in [0.05, 0.1) is 10.8 Å². The van der Waals surface area contributed by atoms with Crippen molar-refractivity contribution in [3.63, 3.8) is 0 Å². The summed E-state index contributed by atoms with van der Waals surface area (Å²) in [5, 5.41) is 8.17. The normalized spacial score (nSPS) is 14.6. The highest BCUT2D eigenvalue weighted by Crippen LogP contribution is 2.45. The van der Waals surface area contributed by atoms with Crippen molar-refractivity contribution in [1.29, 1.82) is 0 Å². The van der Waals surface area contributed by atoms with Gasteiger partial charge in [-0.25, -0.2) is 0 Å². The number of carboxylic acids is 1. The number of rotatable bonds is 3. The van der Waals surface area contributed by atoms with E-state index >= 15 is 0 Å². The summed E-state index contributed by atoms with van der Waals surface area (Å²) in [6.45, 7) is 4.44. The number of hydrogen-bond acceptors (Lipinski definition) is 1. The summed E-state index contributed by atoms with van der Waals surface area (Å²) in [6, 6.07) is 0. The lowest BCUT2D eigenvalue weighted by atomic mass is 9.87. The van der Waals surface area contributed by atoms with Crippen LogP contribution in [0.5, 0.6) is 0 Å². The molecule has 0 rings (SSSR count). The molecule has 6 heteroatoms. The molecule has 0 amide bonds. The van der Waals surface area contributed by atoms with Crippen LogP contribution >= 0.6 is 47.2 Å². The Morgan fingerprint density at radius 3 is 1.77 bits per heavy atom. The molecule has 0 saturated heterocycles. The molecule has 1 atom stereocenters. The summed E-state index contributed by atoms with van der Waals surface area (Å²) >= 11 is 17.3. The Bertz CT molecular complexity index is 189. The summed E-state index contributed by atoms with van der Waals surface area (Å²) < 4.78 is -1.47. The van der Waals surface area contributed by atoms with Gasteiger partial charge >= 0.3 is 5.97 Å². The van der Waals surface area contributed by atoms with E-state index < -0.39 is 21.1 Å². The summed E-state index contributed by atoms with van der Waals surface area (Å²) in [6.07, 6.45) is 0. The molecule has 1 N–H and O–H groups in total. The van der Waals surface area contributed by atoms with Gasteiger partial charge in [0.25, 0.3) is 0 Å². The fourth-order valence-electron chi connectivity index (χ4n) is 0.640. The highest BCUT2D eigenvalue weighted by Gasteiger charge is 2.51. The number of carbonyl (C=O) groups is 1. The maximum Gasteiger partial charge on any atom is 0.312 e. The van der Waals surface area contributed by atoms with Gasteiger partial charge in [-0.15, -0.1) is 24.0 Å². The lowest BCUT2D eigenvalue weighted by molar-refractivity contribution is -0.147. The molecule has 0 heterocycles. The van der Waals surface area contributed by atoms with Crippen molar-refractivity contribution >= 4 is 53.2 Å². The first-order valence-electron chi connectivity index (χ1n) is 3.39. The van der Waals surface area contributed by atoms with Gasteiger partial charge in [-0.3, -0.25) is 4.79 Å². The summed E-state index contributed by atoms with van der Waals surface area (Å²) in [7, 11) is 0. The summed E-state index contributed by atoms with van der Waals surface area (Å²) in [5.41, 5.74) is -1.27. The third-order valence-electron chi connectivity index (χ3n) is 1.87. The van der Waals surface area contributed by atoms with E-state index in [0.717, 1.165) is 0 Å². The van der Waals surface area contributed by atoms with Crippen molar-refractivity contribution in [1.82, 2.24) is 0 Å².